The molecular weight excluding hydrogens is 332 g/mol. The maximum Gasteiger partial charge on any atom is 0.192 e. The van der Waals surface area contributed by atoms with E-state index < -0.39 is 6.10 Å². The Kier molecular flexibility index (Phi) is 3.57. The van der Waals surface area contributed by atoms with Gasteiger partial charge in [0.1, 0.15) is 6.10 Å². The molecule has 0 saturated heterocycles. The van der Waals surface area contributed by atoms with Gasteiger partial charge in [-0.05, 0) is 23.8 Å². The van der Waals surface area contributed by atoms with Crippen LogP contribution in [0.1, 0.15) is 32.4 Å². The first-order valence-corrected chi connectivity index (χ1v) is 7.20. The summed E-state index contributed by atoms with van der Waals surface area (Å²) in [6, 6.07) is 13.6. The lowest BCUT2D eigenvalue weighted by Gasteiger charge is -2.19. The lowest BCUT2D eigenvalue weighted by Crippen LogP contribution is -2.21. The zero-order valence-corrected chi connectivity index (χ0v) is 12.5. The fraction of sp³-hybridized carbons (Fsp3) is 0.0588. The number of rotatable bonds is 2. The summed E-state index contributed by atoms with van der Waals surface area (Å²) in [4.78, 5) is 24.5. The molecule has 1 aliphatic rings. The van der Waals surface area contributed by atoms with Gasteiger partial charge in [0.25, 0.3) is 0 Å². The van der Waals surface area contributed by atoms with Crippen LogP contribution in [0.3, 0.4) is 0 Å². The number of aliphatic hydroxyl groups is 1. The SMILES string of the molecule is O=C1C=C(C(O)c2ccc(Br)cc2)C(=O)c2ccccc21. The molecule has 2 aromatic rings. The number of fused-ring (bicyclic) bond motifs is 1. The third-order valence-electron chi connectivity index (χ3n) is 3.47. The van der Waals surface area contributed by atoms with Gasteiger partial charge in [0.15, 0.2) is 11.6 Å². The average Bonchev–Trinajstić information content (AvgIpc) is 2.51. The van der Waals surface area contributed by atoms with E-state index in [0.717, 1.165) is 4.47 Å². The number of halogens is 1. The molecule has 1 N–H and O–H groups in total. The molecule has 0 fully saturated rings. The van der Waals surface area contributed by atoms with Crippen molar-refractivity contribution in [1.82, 2.24) is 0 Å². The van der Waals surface area contributed by atoms with Crippen LogP contribution in [0.2, 0.25) is 0 Å². The molecule has 0 aliphatic heterocycles. The molecular formula is C17H11BrO3. The largest absolute Gasteiger partial charge is 0.384 e. The minimum Gasteiger partial charge on any atom is -0.384 e. The number of hydrogen-bond acceptors (Lipinski definition) is 3. The van der Waals surface area contributed by atoms with E-state index in [4.69, 9.17) is 0 Å². The van der Waals surface area contributed by atoms with Gasteiger partial charge in [-0.25, -0.2) is 0 Å². The number of hydrogen-bond donors (Lipinski definition) is 1. The summed E-state index contributed by atoms with van der Waals surface area (Å²) in [5.41, 5.74) is 1.41. The monoisotopic (exact) mass is 342 g/mol. The summed E-state index contributed by atoms with van der Waals surface area (Å²) >= 11 is 3.32. The van der Waals surface area contributed by atoms with Crippen LogP contribution in [-0.2, 0) is 0 Å². The van der Waals surface area contributed by atoms with Gasteiger partial charge >= 0.3 is 0 Å². The van der Waals surface area contributed by atoms with Crippen molar-refractivity contribution < 1.29 is 14.7 Å². The molecule has 1 unspecified atom stereocenters. The normalized spacial score (nSPS) is 15.4. The summed E-state index contributed by atoms with van der Waals surface area (Å²) < 4.78 is 0.879. The third-order valence-corrected chi connectivity index (χ3v) is 3.99. The molecule has 0 aromatic heterocycles. The molecule has 3 nitrogen and oxygen atoms in total. The Labute approximate surface area is 130 Å². The van der Waals surface area contributed by atoms with Gasteiger partial charge in [0.05, 0.1) is 0 Å². The number of Topliss-reactive ketones (excluding diaryl/α,β-unsaturated/α-hetero) is 1. The van der Waals surface area contributed by atoms with Crippen molar-refractivity contribution in [3.8, 4) is 0 Å². The molecule has 1 aliphatic carbocycles. The van der Waals surface area contributed by atoms with Crippen molar-refractivity contribution in [3.05, 3.63) is 81.3 Å². The molecule has 2 aromatic carbocycles. The molecule has 0 saturated carbocycles. The van der Waals surface area contributed by atoms with Crippen molar-refractivity contribution in [2.24, 2.45) is 0 Å². The highest BCUT2D eigenvalue weighted by atomic mass is 79.9. The van der Waals surface area contributed by atoms with E-state index >= 15 is 0 Å². The Morgan fingerprint density at radius 2 is 1.52 bits per heavy atom. The van der Waals surface area contributed by atoms with E-state index in [1.165, 1.54) is 6.08 Å². The Bertz CT molecular complexity index is 760. The predicted molar refractivity (Wildman–Crippen MR) is 82.3 cm³/mol. The van der Waals surface area contributed by atoms with Gasteiger partial charge in [-0.1, -0.05) is 52.3 Å². The number of ketones is 2. The molecule has 4 heteroatoms. The molecule has 0 bridgehead atoms. The quantitative estimate of drug-likeness (QED) is 0.908. The van der Waals surface area contributed by atoms with Crippen LogP contribution >= 0.6 is 15.9 Å². The Morgan fingerprint density at radius 1 is 0.905 bits per heavy atom. The summed E-state index contributed by atoms with van der Waals surface area (Å²) in [6.45, 7) is 0. The highest BCUT2D eigenvalue weighted by Gasteiger charge is 2.29. The Morgan fingerprint density at radius 3 is 2.19 bits per heavy atom. The van der Waals surface area contributed by atoms with Crippen molar-refractivity contribution in [1.29, 1.82) is 0 Å². The second-order valence-corrected chi connectivity index (χ2v) is 5.71. The third kappa shape index (κ3) is 2.48. The first kappa shape index (κ1) is 13.9. The summed E-state index contributed by atoms with van der Waals surface area (Å²) in [5.74, 6) is -0.558. The standard InChI is InChI=1S/C17H11BrO3/c18-11-7-5-10(6-8-11)16(20)14-9-15(19)12-3-1-2-4-13(12)17(14)21/h1-9,16,20H. The smallest absolute Gasteiger partial charge is 0.192 e. The van der Waals surface area contributed by atoms with Crippen LogP contribution in [0.4, 0.5) is 0 Å². The summed E-state index contributed by atoms with van der Waals surface area (Å²) in [6.07, 6.45) is 0.125. The molecule has 21 heavy (non-hydrogen) atoms. The molecule has 0 heterocycles. The Hall–Kier alpha value is -2.04. The maximum atomic E-state index is 12.5. The van der Waals surface area contributed by atoms with Crippen molar-refractivity contribution >= 4 is 27.5 Å². The number of allylic oxidation sites excluding steroid dienone is 1. The molecule has 0 amide bonds. The van der Waals surface area contributed by atoms with Gasteiger partial charge in [0.2, 0.25) is 0 Å². The number of benzene rings is 2. The fourth-order valence-electron chi connectivity index (χ4n) is 2.36. The minimum atomic E-state index is -1.11. The number of aliphatic hydroxyl groups excluding tert-OH is 1. The highest BCUT2D eigenvalue weighted by molar-refractivity contribution is 9.10. The van der Waals surface area contributed by atoms with E-state index in [9.17, 15) is 14.7 Å². The van der Waals surface area contributed by atoms with E-state index in [-0.39, 0.29) is 17.1 Å². The van der Waals surface area contributed by atoms with E-state index in [2.05, 4.69) is 15.9 Å². The van der Waals surface area contributed by atoms with Crippen LogP contribution in [0.15, 0.2) is 64.7 Å². The van der Waals surface area contributed by atoms with E-state index in [1.54, 1.807) is 48.5 Å². The second kappa shape index (κ2) is 5.39. The van der Waals surface area contributed by atoms with Gasteiger partial charge in [-0.3, -0.25) is 9.59 Å². The van der Waals surface area contributed by atoms with E-state index in [1.807, 2.05) is 0 Å². The van der Waals surface area contributed by atoms with Crippen LogP contribution in [-0.4, -0.2) is 16.7 Å². The molecule has 1 atom stereocenters. The van der Waals surface area contributed by atoms with Gasteiger partial charge < -0.3 is 5.11 Å². The zero-order chi connectivity index (χ0) is 15.0. The minimum absolute atomic E-state index is 0.112. The van der Waals surface area contributed by atoms with Crippen LogP contribution < -0.4 is 0 Å². The first-order chi connectivity index (χ1) is 10.1. The van der Waals surface area contributed by atoms with Crippen LogP contribution in [0.25, 0.3) is 0 Å². The van der Waals surface area contributed by atoms with Crippen molar-refractivity contribution in [2.45, 2.75) is 6.10 Å². The van der Waals surface area contributed by atoms with Gasteiger partial charge in [-0.2, -0.15) is 0 Å². The molecule has 0 radical (unpaired) electrons. The predicted octanol–water partition coefficient (Wildman–Crippen LogP) is 3.49. The fourth-order valence-corrected chi connectivity index (χ4v) is 2.63. The van der Waals surface area contributed by atoms with Gasteiger partial charge in [0, 0.05) is 21.2 Å². The number of carbonyl (C=O) groups is 2. The van der Waals surface area contributed by atoms with Crippen LogP contribution in [0, 0.1) is 0 Å². The Balaban J connectivity index is 2.02. The average molecular weight is 343 g/mol. The molecule has 104 valence electrons. The topological polar surface area (TPSA) is 54.4 Å². The molecule has 3 rings (SSSR count). The van der Waals surface area contributed by atoms with Crippen molar-refractivity contribution in [3.63, 3.8) is 0 Å². The molecule has 0 spiro atoms. The summed E-state index contributed by atoms with van der Waals surface area (Å²) in [5, 5.41) is 10.4. The zero-order valence-electron chi connectivity index (χ0n) is 10.9. The lowest BCUT2D eigenvalue weighted by atomic mass is 9.85. The van der Waals surface area contributed by atoms with E-state index in [0.29, 0.717) is 16.7 Å². The van der Waals surface area contributed by atoms with Crippen molar-refractivity contribution in [2.75, 3.05) is 0 Å². The van der Waals surface area contributed by atoms with Gasteiger partial charge in [-0.15, -0.1) is 0 Å². The number of carbonyl (C=O) groups excluding carboxylic acids is 2. The highest BCUT2D eigenvalue weighted by Crippen LogP contribution is 2.30. The second-order valence-electron chi connectivity index (χ2n) is 4.79. The van der Waals surface area contributed by atoms with Crippen LogP contribution in [0.5, 0.6) is 0 Å². The summed E-state index contributed by atoms with van der Waals surface area (Å²) in [7, 11) is 0. The first-order valence-electron chi connectivity index (χ1n) is 6.41. The lowest BCUT2D eigenvalue weighted by molar-refractivity contribution is 0.0947. The maximum absolute atomic E-state index is 12.5.